The molecule has 3 aromatic heterocycles. The van der Waals surface area contributed by atoms with Crippen LogP contribution in [0.4, 0.5) is 24.7 Å². The SMILES string of the molecule is CC(=O)Nc1cc(-c2cc(-c3cc(NC(=O)c4ccnc(C(F)(F)F)c4)ccc3C)nn(C)c2=O)ccn1. The number of rotatable bonds is 5. The van der Waals surface area contributed by atoms with E-state index in [4.69, 9.17) is 0 Å². The Morgan fingerprint density at radius 2 is 1.66 bits per heavy atom. The highest BCUT2D eigenvalue weighted by Crippen LogP contribution is 2.29. The lowest BCUT2D eigenvalue weighted by Crippen LogP contribution is -2.22. The van der Waals surface area contributed by atoms with Gasteiger partial charge in [-0.3, -0.25) is 19.4 Å². The molecule has 1 aromatic carbocycles. The van der Waals surface area contributed by atoms with Gasteiger partial charge in [-0.2, -0.15) is 18.3 Å². The highest BCUT2D eigenvalue weighted by Gasteiger charge is 2.33. The molecule has 0 aliphatic heterocycles. The maximum absolute atomic E-state index is 13.0. The maximum Gasteiger partial charge on any atom is 0.433 e. The summed E-state index contributed by atoms with van der Waals surface area (Å²) in [6.07, 6.45) is -2.30. The fourth-order valence-electron chi connectivity index (χ4n) is 3.70. The molecular weight excluding hydrogens is 501 g/mol. The summed E-state index contributed by atoms with van der Waals surface area (Å²) in [6.45, 7) is 3.16. The second-order valence-corrected chi connectivity index (χ2v) is 8.39. The topological polar surface area (TPSA) is 119 Å². The van der Waals surface area contributed by atoms with Crippen molar-refractivity contribution in [2.75, 3.05) is 10.6 Å². The number of carbonyl (C=O) groups is 2. The van der Waals surface area contributed by atoms with E-state index in [0.717, 1.165) is 11.8 Å². The Bertz CT molecular complexity index is 1610. The van der Waals surface area contributed by atoms with Crippen molar-refractivity contribution in [3.8, 4) is 22.4 Å². The van der Waals surface area contributed by atoms with Crippen LogP contribution < -0.4 is 16.2 Å². The van der Waals surface area contributed by atoms with E-state index in [1.165, 1.54) is 30.9 Å². The molecule has 0 bridgehead atoms. The maximum atomic E-state index is 13.0. The minimum Gasteiger partial charge on any atom is -0.322 e. The fraction of sp³-hybridized carbons (Fsp3) is 0.154. The summed E-state index contributed by atoms with van der Waals surface area (Å²) in [5.41, 5.74) is 1.14. The summed E-state index contributed by atoms with van der Waals surface area (Å²) in [7, 11) is 1.49. The van der Waals surface area contributed by atoms with Gasteiger partial charge in [0.05, 0.1) is 11.3 Å². The number of halogens is 3. The third-order valence-corrected chi connectivity index (χ3v) is 5.52. The van der Waals surface area contributed by atoms with Gasteiger partial charge in [0.1, 0.15) is 11.5 Å². The van der Waals surface area contributed by atoms with Crippen LogP contribution in [0.15, 0.2) is 65.7 Å². The summed E-state index contributed by atoms with van der Waals surface area (Å²) in [5.74, 6) is -0.779. The van der Waals surface area contributed by atoms with Crippen LogP contribution in [0.5, 0.6) is 0 Å². The van der Waals surface area contributed by atoms with Crippen molar-refractivity contribution in [3.05, 3.63) is 88.1 Å². The summed E-state index contributed by atoms with van der Waals surface area (Å²) in [4.78, 5) is 44.3. The van der Waals surface area contributed by atoms with Crippen LogP contribution in [-0.2, 0) is 18.0 Å². The summed E-state index contributed by atoms with van der Waals surface area (Å²) in [6, 6.07) is 11.6. The van der Waals surface area contributed by atoms with E-state index < -0.39 is 17.8 Å². The lowest BCUT2D eigenvalue weighted by atomic mass is 10.0. The number of anilines is 2. The number of nitrogens with zero attached hydrogens (tertiary/aromatic N) is 4. The van der Waals surface area contributed by atoms with Crippen molar-refractivity contribution >= 4 is 23.3 Å². The normalized spacial score (nSPS) is 11.2. The lowest BCUT2D eigenvalue weighted by Gasteiger charge is -2.13. The quantitative estimate of drug-likeness (QED) is 0.400. The molecule has 4 rings (SSSR count). The molecule has 3 heterocycles. The highest BCUT2D eigenvalue weighted by molar-refractivity contribution is 6.04. The molecule has 0 aliphatic rings. The van der Waals surface area contributed by atoms with Gasteiger partial charge in [-0.25, -0.2) is 9.67 Å². The first kappa shape index (κ1) is 26.2. The average Bonchev–Trinajstić information content (AvgIpc) is 2.86. The minimum absolute atomic E-state index is 0.204. The van der Waals surface area contributed by atoms with Gasteiger partial charge in [-0.05, 0) is 60.5 Å². The van der Waals surface area contributed by atoms with Crippen LogP contribution in [0.2, 0.25) is 0 Å². The molecule has 0 fully saturated rings. The Hall–Kier alpha value is -4.87. The van der Waals surface area contributed by atoms with Gasteiger partial charge in [0, 0.05) is 43.2 Å². The molecule has 2 N–H and O–H groups in total. The first-order chi connectivity index (χ1) is 17.9. The zero-order valence-electron chi connectivity index (χ0n) is 20.4. The van der Waals surface area contributed by atoms with Crippen molar-refractivity contribution in [3.63, 3.8) is 0 Å². The van der Waals surface area contributed by atoms with E-state index in [2.05, 4.69) is 25.7 Å². The zero-order valence-corrected chi connectivity index (χ0v) is 20.4. The molecule has 0 radical (unpaired) electrons. The summed E-state index contributed by atoms with van der Waals surface area (Å²) < 4.78 is 40.1. The largest absolute Gasteiger partial charge is 0.433 e. The number of hydrogen-bond donors (Lipinski definition) is 2. The predicted octanol–water partition coefficient (Wildman–Crippen LogP) is 4.44. The molecule has 12 heteroatoms. The van der Waals surface area contributed by atoms with Crippen LogP contribution >= 0.6 is 0 Å². The fourth-order valence-corrected chi connectivity index (χ4v) is 3.70. The van der Waals surface area contributed by atoms with Crippen LogP contribution in [0.3, 0.4) is 0 Å². The Morgan fingerprint density at radius 3 is 2.37 bits per heavy atom. The molecule has 4 aromatic rings. The number of alkyl halides is 3. The number of pyridine rings is 2. The van der Waals surface area contributed by atoms with Crippen molar-refractivity contribution in [1.82, 2.24) is 19.7 Å². The van der Waals surface area contributed by atoms with E-state index in [-0.39, 0.29) is 22.8 Å². The third kappa shape index (κ3) is 5.75. The Labute approximate surface area is 214 Å². The third-order valence-electron chi connectivity index (χ3n) is 5.52. The number of hydrogen-bond acceptors (Lipinski definition) is 6. The van der Waals surface area contributed by atoms with Gasteiger partial charge in [0.2, 0.25) is 5.91 Å². The van der Waals surface area contributed by atoms with E-state index in [1.807, 2.05) is 6.92 Å². The molecule has 0 saturated carbocycles. The average molecular weight is 522 g/mol. The molecule has 0 aliphatic carbocycles. The van der Waals surface area contributed by atoms with Crippen molar-refractivity contribution < 1.29 is 22.8 Å². The zero-order chi connectivity index (χ0) is 27.6. The van der Waals surface area contributed by atoms with Crippen LogP contribution in [0.25, 0.3) is 22.4 Å². The number of aromatic nitrogens is 4. The van der Waals surface area contributed by atoms with Gasteiger partial charge < -0.3 is 10.6 Å². The number of benzene rings is 1. The summed E-state index contributed by atoms with van der Waals surface area (Å²) >= 11 is 0. The van der Waals surface area contributed by atoms with E-state index in [0.29, 0.717) is 34.1 Å². The smallest absolute Gasteiger partial charge is 0.322 e. The minimum atomic E-state index is -4.68. The Kier molecular flexibility index (Phi) is 7.06. The van der Waals surface area contributed by atoms with Gasteiger partial charge >= 0.3 is 6.18 Å². The number of aryl methyl sites for hydroxylation is 2. The second-order valence-electron chi connectivity index (χ2n) is 8.39. The number of carbonyl (C=O) groups excluding carboxylic acids is 2. The molecular formula is C26H21F3N6O3. The van der Waals surface area contributed by atoms with Crippen LogP contribution in [0, 0.1) is 6.92 Å². The lowest BCUT2D eigenvalue weighted by molar-refractivity contribution is -0.141. The Morgan fingerprint density at radius 1 is 0.921 bits per heavy atom. The van der Waals surface area contributed by atoms with Gasteiger partial charge in [0.25, 0.3) is 11.5 Å². The van der Waals surface area contributed by atoms with E-state index in [9.17, 15) is 27.6 Å². The van der Waals surface area contributed by atoms with Gasteiger partial charge in [-0.1, -0.05) is 6.07 Å². The van der Waals surface area contributed by atoms with Crippen molar-refractivity contribution in [2.24, 2.45) is 7.05 Å². The number of nitrogens with one attached hydrogen (secondary N) is 2. The Balaban J connectivity index is 1.70. The van der Waals surface area contributed by atoms with E-state index in [1.54, 1.807) is 36.4 Å². The second kappa shape index (κ2) is 10.2. The molecule has 194 valence electrons. The van der Waals surface area contributed by atoms with Crippen LogP contribution in [-0.4, -0.2) is 31.6 Å². The standard InChI is InChI=1S/C26H21F3N6O3/c1-14-4-5-18(33-24(37)17-7-8-30-22(10-17)26(27,28)29)12-19(14)21-13-20(25(38)35(3)34-21)16-6-9-31-23(11-16)32-15(2)36/h4-13H,1-3H3,(H,33,37)(H,31,32,36). The van der Waals surface area contributed by atoms with Crippen molar-refractivity contribution in [2.45, 2.75) is 20.0 Å². The summed E-state index contributed by atoms with van der Waals surface area (Å²) in [5, 5.41) is 9.52. The predicted molar refractivity (Wildman–Crippen MR) is 134 cm³/mol. The first-order valence-corrected chi connectivity index (χ1v) is 11.2. The molecule has 0 atom stereocenters. The van der Waals surface area contributed by atoms with Crippen molar-refractivity contribution in [1.29, 1.82) is 0 Å². The molecule has 38 heavy (non-hydrogen) atoms. The van der Waals surface area contributed by atoms with Gasteiger partial charge in [-0.15, -0.1) is 0 Å². The molecule has 2 amide bonds. The highest BCUT2D eigenvalue weighted by atomic mass is 19.4. The molecule has 0 unspecified atom stereocenters. The first-order valence-electron chi connectivity index (χ1n) is 11.2. The number of amides is 2. The molecule has 0 spiro atoms. The molecule has 0 saturated heterocycles. The van der Waals surface area contributed by atoms with Crippen LogP contribution in [0.1, 0.15) is 28.5 Å². The van der Waals surface area contributed by atoms with Gasteiger partial charge in [0.15, 0.2) is 0 Å². The monoisotopic (exact) mass is 522 g/mol. The molecule has 9 nitrogen and oxygen atoms in total. The van der Waals surface area contributed by atoms with E-state index >= 15 is 0 Å².